The second kappa shape index (κ2) is 3.19. The number of hydrogen-bond donors (Lipinski definition) is 1. The molecule has 2 aromatic rings. The Balaban J connectivity index is 2.83. The van der Waals surface area contributed by atoms with E-state index < -0.39 is 23.3 Å². The number of nitrogens with one attached hydrogen (secondary N) is 1. The Morgan fingerprint density at radius 2 is 1.93 bits per heavy atom. The molecule has 2 rings (SSSR count). The van der Waals surface area contributed by atoms with Crippen LogP contribution in [0.25, 0.3) is 11.0 Å². The molecule has 1 N–H and O–H groups in total. The van der Waals surface area contributed by atoms with Crippen molar-refractivity contribution in [2.24, 2.45) is 0 Å². The molecule has 0 spiro atoms. The minimum atomic E-state index is -4.54. The van der Waals surface area contributed by atoms with Crippen molar-refractivity contribution in [1.29, 1.82) is 0 Å². The van der Waals surface area contributed by atoms with Crippen molar-refractivity contribution in [3.63, 3.8) is 0 Å². The molecule has 7 heteroatoms. The number of halogens is 5. The lowest BCUT2D eigenvalue weighted by Crippen LogP contribution is -2.05. The predicted octanol–water partition coefficient (Wildman–Crippen LogP) is 3.48. The monoisotopic (exact) mass is 282 g/mol. The SMILES string of the molecule is Fc1nc2c(C(F)(F)F)ccc(Br)c2[nH]1. The Hall–Kier alpha value is -1.11. The quantitative estimate of drug-likeness (QED) is 0.737. The Bertz CT molecular complexity index is 517. The molecule has 0 unspecified atom stereocenters. The van der Waals surface area contributed by atoms with Gasteiger partial charge in [-0.05, 0) is 28.1 Å². The number of imidazole rings is 1. The lowest BCUT2D eigenvalue weighted by Gasteiger charge is -2.07. The third-order valence-corrected chi connectivity index (χ3v) is 2.53. The summed E-state index contributed by atoms with van der Waals surface area (Å²) in [5, 5.41) is 0. The molecule has 0 saturated heterocycles. The zero-order valence-electron chi connectivity index (χ0n) is 6.99. The minimum Gasteiger partial charge on any atom is -0.313 e. The van der Waals surface area contributed by atoms with Crippen LogP contribution < -0.4 is 0 Å². The number of H-pyrrole nitrogens is 1. The number of aromatic amines is 1. The van der Waals surface area contributed by atoms with Crippen molar-refractivity contribution in [2.45, 2.75) is 6.18 Å². The second-order valence-corrected chi connectivity index (χ2v) is 3.70. The van der Waals surface area contributed by atoms with Gasteiger partial charge >= 0.3 is 6.18 Å². The summed E-state index contributed by atoms with van der Waals surface area (Å²) in [5.74, 6) is 0. The van der Waals surface area contributed by atoms with Gasteiger partial charge in [0.15, 0.2) is 0 Å². The smallest absolute Gasteiger partial charge is 0.313 e. The molecule has 0 amide bonds. The summed E-state index contributed by atoms with van der Waals surface area (Å²) in [6.07, 6.45) is -5.58. The fourth-order valence-corrected chi connectivity index (χ4v) is 1.68. The molecular formula is C8H3BrF4N2. The van der Waals surface area contributed by atoms with E-state index in [1.807, 2.05) is 0 Å². The van der Waals surface area contributed by atoms with Crippen LogP contribution in [0.1, 0.15) is 5.56 Å². The van der Waals surface area contributed by atoms with E-state index in [4.69, 9.17) is 0 Å². The Labute approximate surface area is 89.4 Å². The van der Waals surface area contributed by atoms with E-state index in [1.165, 1.54) is 6.07 Å². The van der Waals surface area contributed by atoms with Gasteiger partial charge in [-0.3, -0.25) is 0 Å². The zero-order valence-corrected chi connectivity index (χ0v) is 8.58. The topological polar surface area (TPSA) is 28.7 Å². The standard InChI is InChI=1S/C8H3BrF4N2/c9-4-2-1-3(8(11,12)13)5-6(4)15-7(10)14-5/h1-2H,(H,14,15). The van der Waals surface area contributed by atoms with Crippen molar-refractivity contribution >= 4 is 27.0 Å². The van der Waals surface area contributed by atoms with E-state index in [0.29, 0.717) is 4.47 Å². The molecule has 0 aliphatic heterocycles. The lowest BCUT2D eigenvalue weighted by atomic mass is 10.2. The summed E-state index contributed by atoms with van der Waals surface area (Å²) in [7, 11) is 0. The number of alkyl halides is 3. The molecule has 0 radical (unpaired) electrons. The maximum Gasteiger partial charge on any atom is 0.418 e. The number of nitrogens with zero attached hydrogens (tertiary/aromatic N) is 1. The first-order valence-corrected chi connectivity index (χ1v) is 4.60. The number of aromatic nitrogens is 2. The molecule has 2 nitrogen and oxygen atoms in total. The maximum atomic E-state index is 12.7. The van der Waals surface area contributed by atoms with Gasteiger partial charge in [-0.25, -0.2) is 4.98 Å². The summed E-state index contributed by atoms with van der Waals surface area (Å²) in [6.45, 7) is 0. The molecule has 15 heavy (non-hydrogen) atoms. The Kier molecular flexibility index (Phi) is 2.22. The highest BCUT2D eigenvalue weighted by atomic mass is 79.9. The molecule has 0 aliphatic rings. The van der Waals surface area contributed by atoms with Crippen LogP contribution in [0, 0.1) is 6.08 Å². The number of hydrogen-bond acceptors (Lipinski definition) is 1. The van der Waals surface area contributed by atoms with Crippen LogP contribution in [0.15, 0.2) is 16.6 Å². The van der Waals surface area contributed by atoms with Crippen LogP contribution in [-0.4, -0.2) is 9.97 Å². The Morgan fingerprint density at radius 3 is 2.53 bits per heavy atom. The van der Waals surface area contributed by atoms with Gasteiger partial charge in [0.1, 0.15) is 5.52 Å². The summed E-state index contributed by atoms with van der Waals surface area (Å²) < 4.78 is 50.5. The first kappa shape index (κ1) is 10.4. The van der Waals surface area contributed by atoms with Gasteiger partial charge in [-0.1, -0.05) is 0 Å². The van der Waals surface area contributed by atoms with Gasteiger partial charge in [-0.15, -0.1) is 0 Å². The molecule has 0 fully saturated rings. The lowest BCUT2D eigenvalue weighted by molar-refractivity contribution is -0.136. The highest BCUT2D eigenvalue weighted by Crippen LogP contribution is 2.36. The van der Waals surface area contributed by atoms with Crippen LogP contribution >= 0.6 is 15.9 Å². The number of rotatable bonds is 0. The normalized spacial score (nSPS) is 12.3. The number of fused-ring (bicyclic) bond motifs is 1. The third-order valence-electron chi connectivity index (χ3n) is 1.87. The zero-order chi connectivity index (χ0) is 11.2. The highest BCUT2D eigenvalue weighted by Gasteiger charge is 2.34. The third kappa shape index (κ3) is 1.71. The highest BCUT2D eigenvalue weighted by molar-refractivity contribution is 9.10. The van der Waals surface area contributed by atoms with Crippen molar-refractivity contribution in [3.05, 3.63) is 28.2 Å². The van der Waals surface area contributed by atoms with E-state index >= 15 is 0 Å². The van der Waals surface area contributed by atoms with Gasteiger partial charge in [-0.2, -0.15) is 17.6 Å². The molecule has 1 aromatic carbocycles. The molecule has 1 heterocycles. The van der Waals surface area contributed by atoms with Crippen LogP contribution in [0.2, 0.25) is 0 Å². The largest absolute Gasteiger partial charge is 0.418 e. The Morgan fingerprint density at radius 1 is 1.27 bits per heavy atom. The van der Waals surface area contributed by atoms with Crippen LogP contribution in [0.5, 0.6) is 0 Å². The fraction of sp³-hybridized carbons (Fsp3) is 0.125. The molecule has 0 saturated carbocycles. The van der Waals surface area contributed by atoms with Gasteiger partial charge in [0.2, 0.25) is 0 Å². The van der Waals surface area contributed by atoms with Gasteiger partial charge in [0.05, 0.1) is 11.1 Å². The maximum absolute atomic E-state index is 12.7. The molecule has 0 atom stereocenters. The fourth-order valence-electron chi connectivity index (χ4n) is 1.26. The summed E-state index contributed by atoms with van der Waals surface area (Å²) in [4.78, 5) is 5.28. The van der Waals surface area contributed by atoms with Crippen LogP contribution in [-0.2, 0) is 6.18 Å². The minimum absolute atomic E-state index is 0.00215. The average molecular weight is 283 g/mol. The average Bonchev–Trinajstić information content (AvgIpc) is 2.45. The van der Waals surface area contributed by atoms with E-state index in [9.17, 15) is 17.6 Å². The van der Waals surface area contributed by atoms with Gasteiger partial charge < -0.3 is 4.98 Å². The van der Waals surface area contributed by atoms with E-state index in [0.717, 1.165) is 6.07 Å². The van der Waals surface area contributed by atoms with Crippen LogP contribution in [0.4, 0.5) is 17.6 Å². The van der Waals surface area contributed by atoms with Gasteiger partial charge in [0, 0.05) is 4.47 Å². The summed E-state index contributed by atoms with van der Waals surface area (Å²) in [5.41, 5.74) is -1.38. The molecule has 80 valence electrons. The number of benzene rings is 1. The summed E-state index contributed by atoms with van der Waals surface area (Å²) >= 11 is 3.01. The molecule has 0 aliphatic carbocycles. The van der Waals surface area contributed by atoms with Crippen molar-refractivity contribution in [1.82, 2.24) is 9.97 Å². The molecule has 1 aromatic heterocycles. The second-order valence-electron chi connectivity index (χ2n) is 2.84. The van der Waals surface area contributed by atoms with Gasteiger partial charge in [0.25, 0.3) is 6.08 Å². The molecular weight excluding hydrogens is 280 g/mol. The van der Waals surface area contributed by atoms with Crippen molar-refractivity contribution in [3.8, 4) is 0 Å². The first-order valence-electron chi connectivity index (χ1n) is 3.80. The predicted molar refractivity (Wildman–Crippen MR) is 48.8 cm³/mol. The summed E-state index contributed by atoms with van der Waals surface area (Å²) in [6, 6.07) is 2.05. The molecule has 0 bridgehead atoms. The van der Waals surface area contributed by atoms with E-state index in [-0.39, 0.29) is 5.52 Å². The van der Waals surface area contributed by atoms with E-state index in [2.05, 4.69) is 25.9 Å². The van der Waals surface area contributed by atoms with Crippen molar-refractivity contribution in [2.75, 3.05) is 0 Å². The van der Waals surface area contributed by atoms with Crippen LogP contribution in [0.3, 0.4) is 0 Å². The first-order chi connectivity index (χ1) is 6.89. The van der Waals surface area contributed by atoms with E-state index in [1.54, 1.807) is 0 Å². The van der Waals surface area contributed by atoms with Crippen molar-refractivity contribution < 1.29 is 17.6 Å².